The van der Waals surface area contributed by atoms with Gasteiger partial charge in [-0.25, -0.2) is 9.59 Å². The Hall–Kier alpha value is -2.61. The van der Waals surface area contributed by atoms with Gasteiger partial charge in [-0.05, 0) is 18.9 Å². The molecule has 8 heteroatoms. The number of nitrogens with one attached hydrogen (secondary N) is 3. The lowest BCUT2D eigenvalue weighted by atomic mass is 10.1. The molecule has 1 aromatic rings. The van der Waals surface area contributed by atoms with Crippen molar-refractivity contribution >= 4 is 18.0 Å². The van der Waals surface area contributed by atoms with Gasteiger partial charge in [0.1, 0.15) is 0 Å². The second kappa shape index (κ2) is 8.18. The number of likely N-dealkylation sites (tertiary alicyclic amines) is 1. The molecule has 2 fully saturated rings. The summed E-state index contributed by atoms with van der Waals surface area (Å²) in [5.41, 5.74) is 1.27. The molecule has 1 aromatic carbocycles. The molecule has 3 rings (SSSR count). The normalized spacial score (nSPS) is 21.6. The largest absolute Gasteiger partial charge is 0.336 e. The SMILES string of the molecule is CC(c1ccccc1)N1CCC(NC(=O)NCCN2C(=O)CNC2=O)C1. The topological polar surface area (TPSA) is 93.8 Å². The van der Waals surface area contributed by atoms with Crippen molar-refractivity contribution in [3.8, 4) is 0 Å². The van der Waals surface area contributed by atoms with E-state index < -0.39 is 6.03 Å². The van der Waals surface area contributed by atoms with Crippen LogP contribution in [0.2, 0.25) is 0 Å². The van der Waals surface area contributed by atoms with Gasteiger partial charge < -0.3 is 16.0 Å². The van der Waals surface area contributed by atoms with Crippen molar-refractivity contribution in [1.29, 1.82) is 0 Å². The van der Waals surface area contributed by atoms with E-state index in [9.17, 15) is 14.4 Å². The Kier molecular flexibility index (Phi) is 5.72. The molecule has 0 saturated carbocycles. The average molecular weight is 359 g/mol. The molecule has 26 heavy (non-hydrogen) atoms. The van der Waals surface area contributed by atoms with Gasteiger partial charge in [-0.1, -0.05) is 30.3 Å². The molecule has 2 heterocycles. The molecular weight excluding hydrogens is 334 g/mol. The number of benzene rings is 1. The Morgan fingerprint density at radius 1 is 1.31 bits per heavy atom. The Balaban J connectivity index is 1.39. The van der Waals surface area contributed by atoms with E-state index in [1.54, 1.807) is 0 Å². The molecule has 8 nitrogen and oxygen atoms in total. The molecule has 2 atom stereocenters. The molecule has 5 amide bonds. The average Bonchev–Trinajstić information content (AvgIpc) is 3.23. The molecule has 2 saturated heterocycles. The minimum atomic E-state index is -0.404. The number of amides is 5. The van der Waals surface area contributed by atoms with Crippen molar-refractivity contribution < 1.29 is 14.4 Å². The highest BCUT2D eigenvalue weighted by atomic mass is 16.2. The fraction of sp³-hybridized carbons (Fsp3) is 0.500. The van der Waals surface area contributed by atoms with E-state index >= 15 is 0 Å². The zero-order valence-electron chi connectivity index (χ0n) is 14.9. The Morgan fingerprint density at radius 2 is 2.08 bits per heavy atom. The summed E-state index contributed by atoms with van der Waals surface area (Å²) in [5, 5.41) is 8.13. The number of rotatable bonds is 6. The molecule has 2 aliphatic heterocycles. The third-order valence-electron chi connectivity index (χ3n) is 4.94. The van der Waals surface area contributed by atoms with E-state index in [1.807, 2.05) is 18.2 Å². The number of nitrogens with zero attached hydrogens (tertiary/aromatic N) is 2. The highest BCUT2D eigenvalue weighted by molar-refractivity contribution is 6.01. The summed E-state index contributed by atoms with van der Waals surface area (Å²) in [7, 11) is 0. The van der Waals surface area contributed by atoms with Crippen LogP contribution >= 0.6 is 0 Å². The molecule has 2 unspecified atom stereocenters. The molecule has 140 valence electrons. The van der Waals surface area contributed by atoms with Crippen molar-refractivity contribution in [3.63, 3.8) is 0 Å². The van der Waals surface area contributed by atoms with Gasteiger partial charge in [-0.15, -0.1) is 0 Å². The Bertz CT molecular complexity index is 650. The van der Waals surface area contributed by atoms with Gasteiger partial charge in [0.2, 0.25) is 5.91 Å². The summed E-state index contributed by atoms with van der Waals surface area (Å²) in [5.74, 6) is -0.265. The van der Waals surface area contributed by atoms with E-state index in [-0.39, 0.29) is 37.6 Å². The molecule has 3 N–H and O–H groups in total. The van der Waals surface area contributed by atoms with E-state index in [1.165, 1.54) is 5.56 Å². The molecule has 0 bridgehead atoms. The fourth-order valence-corrected chi connectivity index (χ4v) is 3.40. The number of imide groups is 1. The van der Waals surface area contributed by atoms with Crippen LogP contribution in [0.5, 0.6) is 0 Å². The smallest absolute Gasteiger partial charge is 0.324 e. The molecule has 0 aromatic heterocycles. The van der Waals surface area contributed by atoms with E-state index in [0.717, 1.165) is 24.4 Å². The highest BCUT2D eigenvalue weighted by Gasteiger charge is 2.29. The summed E-state index contributed by atoms with van der Waals surface area (Å²) in [6.45, 7) is 4.36. The van der Waals surface area contributed by atoms with Crippen molar-refractivity contribution in [2.45, 2.75) is 25.4 Å². The standard InChI is InChI=1S/C18H25N5O3/c1-13(14-5-3-2-4-6-14)22-9-7-15(12-22)21-17(25)19-8-10-23-16(24)11-20-18(23)26/h2-6,13,15H,7-12H2,1H3,(H,20,26)(H2,19,21,25). The molecule has 0 aliphatic carbocycles. The fourth-order valence-electron chi connectivity index (χ4n) is 3.40. The number of carbonyl (C=O) groups excluding carboxylic acids is 3. The Morgan fingerprint density at radius 3 is 2.77 bits per heavy atom. The van der Waals surface area contributed by atoms with Crippen LogP contribution in [0.25, 0.3) is 0 Å². The minimum Gasteiger partial charge on any atom is -0.336 e. The van der Waals surface area contributed by atoms with Gasteiger partial charge in [0.15, 0.2) is 0 Å². The monoisotopic (exact) mass is 359 g/mol. The first-order valence-electron chi connectivity index (χ1n) is 8.96. The van der Waals surface area contributed by atoms with Gasteiger partial charge in [0, 0.05) is 38.3 Å². The summed E-state index contributed by atoms with van der Waals surface area (Å²) >= 11 is 0. The first-order valence-corrected chi connectivity index (χ1v) is 8.96. The van der Waals surface area contributed by atoms with Gasteiger partial charge in [0.05, 0.1) is 6.54 Å². The first-order chi connectivity index (χ1) is 12.5. The quantitative estimate of drug-likeness (QED) is 0.651. The molecular formula is C18H25N5O3. The number of hydrogen-bond acceptors (Lipinski definition) is 4. The van der Waals surface area contributed by atoms with Gasteiger partial charge >= 0.3 is 12.1 Å². The second-order valence-electron chi connectivity index (χ2n) is 6.67. The number of urea groups is 2. The second-order valence-corrected chi connectivity index (χ2v) is 6.67. The third-order valence-corrected chi connectivity index (χ3v) is 4.94. The van der Waals surface area contributed by atoms with E-state index in [4.69, 9.17) is 0 Å². The van der Waals surface area contributed by atoms with Crippen molar-refractivity contribution in [2.75, 3.05) is 32.7 Å². The van der Waals surface area contributed by atoms with Crippen LogP contribution < -0.4 is 16.0 Å². The van der Waals surface area contributed by atoms with Crippen molar-refractivity contribution in [2.24, 2.45) is 0 Å². The maximum Gasteiger partial charge on any atom is 0.324 e. The minimum absolute atomic E-state index is 0.0303. The maximum atomic E-state index is 12.0. The van der Waals surface area contributed by atoms with E-state index in [2.05, 4.69) is 39.9 Å². The van der Waals surface area contributed by atoms with Crippen molar-refractivity contribution in [1.82, 2.24) is 25.8 Å². The van der Waals surface area contributed by atoms with Crippen LogP contribution in [0.3, 0.4) is 0 Å². The van der Waals surface area contributed by atoms with Crippen LogP contribution in [0.4, 0.5) is 9.59 Å². The number of carbonyl (C=O) groups is 3. The van der Waals surface area contributed by atoms with E-state index in [0.29, 0.717) is 6.04 Å². The van der Waals surface area contributed by atoms with Crippen LogP contribution in [0, 0.1) is 0 Å². The predicted octanol–water partition coefficient (Wildman–Crippen LogP) is 0.673. The zero-order chi connectivity index (χ0) is 18.5. The van der Waals surface area contributed by atoms with Crippen LogP contribution in [0.1, 0.15) is 24.9 Å². The maximum absolute atomic E-state index is 12.0. The van der Waals surface area contributed by atoms with Gasteiger partial charge in [0.25, 0.3) is 0 Å². The molecule has 0 spiro atoms. The predicted molar refractivity (Wildman–Crippen MR) is 96.5 cm³/mol. The summed E-state index contributed by atoms with van der Waals surface area (Å²) in [4.78, 5) is 38.4. The number of hydrogen-bond donors (Lipinski definition) is 3. The first kappa shape index (κ1) is 18.2. The lowest BCUT2D eigenvalue weighted by molar-refractivity contribution is -0.124. The highest BCUT2D eigenvalue weighted by Crippen LogP contribution is 2.24. The lowest BCUT2D eigenvalue weighted by Gasteiger charge is -2.24. The zero-order valence-corrected chi connectivity index (χ0v) is 14.9. The molecule has 2 aliphatic rings. The van der Waals surface area contributed by atoms with Gasteiger partial charge in [-0.2, -0.15) is 0 Å². The van der Waals surface area contributed by atoms with Gasteiger partial charge in [-0.3, -0.25) is 14.6 Å². The summed E-state index contributed by atoms with van der Waals surface area (Å²) in [6.07, 6.45) is 0.900. The van der Waals surface area contributed by atoms with Crippen LogP contribution in [0.15, 0.2) is 30.3 Å². The van der Waals surface area contributed by atoms with Crippen molar-refractivity contribution in [3.05, 3.63) is 35.9 Å². The lowest BCUT2D eigenvalue weighted by Crippen LogP contribution is -2.46. The Labute approximate surface area is 152 Å². The molecule has 0 radical (unpaired) electrons. The third kappa shape index (κ3) is 4.32. The van der Waals surface area contributed by atoms with Crippen LogP contribution in [-0.4, -0.2) is 66.5 Å². The summed E-state index contributed by atoms with van der Waals surface area (Å²) < 4.78 is 0. The van der Waals surface area contributed by atoms with Crippen LogP contribution in [-0.2, 0) is 4.79 Å². The summed E-state index contributed by atoms with van der Waals surface area (Å²) in [6, 6.07) is 10.1.